The van der Waals surface area contributed by atoms with Gasteiger partial charge >= 0.3 is 0 Å². The first kappa shape index (κ1) is 15.1. The summed E-state index contributed by atoms with van der Waals surface area (Å²) >= 11 is 0. The summed E-state index contributed by atoms with van der Waals surface area (Å²) in [6.45, 7) is 0. The average Bonchev–Trinajstić information content (AvgIpc) is 2.61. The lowest BCUT2D eigenvalue weighted by Gasteiger charge is -2.12. The first-order chi connectivity index (χ1) is 11.3. The van der Waals surface area contributed by atoms with Crippen molar-refractivity contribution in [1.29, 1.82) is 0 Å². The quantitative estimate of drug-likeness (QED) is 0.766. The Balaban J connectivity index is 1.89. The van der Waals surface area contributed by atoms with Crippen LogP contribution in [0.2, 0.25) is 0 Å². The number of pyridine rings is 1. The molecule has 0 aliphatic rings. The van der Waals surface area contributed by atoms with E-state index in [0.29, 0.717) is 5.75 Å². The Hall–Kier alpha value is -2.81. The first-order valence-electron chi connectivity index (χ1n) is 7.63. The number of hydrogen-bond acceptors (Lipinski definition) is 3. The van der Waals surface area contributed by atoms with Crippen LogP contribution in [-0.4, -0.2) is 17.2 Å². The number of aryl methyl sites for hydroxylation is 2. The van der Waals surface area contributed by atoms with Crippen molar-refractivity contribution in [2.24, 2.45) is 0 Å². The summed E-state index contributed by atoms with van der Waals surface area (Å²) in [6, 6.07) is 19.5. The van der Waals surface area contributed by atoms with Crippen LogP contribution in [0.1, 0.15) is 11.3 Å². The van der Waals surface area contributed by atoms with Gasteiger partial charge in [0.2, 0.25) is 0 Å². The number of hydrogen-bond donors (Lipinski definition) is 1. The minimum absolute atomic E-state index is 0.231. The Bertz CT molecular complexity index is 785. The third-order valence-electron chi connectivity index (χ3n) is 3.89. The molecule has 0 radical (unpaired) electrons. The van der Waals surface area contributed by atoms with Crippen molar-refractivity contribution in [3.8, 4) is 22.6 Å². The van der Waals surface area contributed by atoms with E-state index in [-0.39, 0.29) is 5.75 Å². The van der Waals surface area contributed by atoms with Crippen molar-refractivity contribution in [1.82, 2.24) is 4.98 Å². The second kappa shape index (κ2) is 6.97. The van der Waals surface area contributed by atoms with Gasteiger partial charge in [0.15, 0.2) is 0 Å². The molecule has 0 atom stereocenters. The summed E-state index contributed by atoms with van der Waals surface area (Å²) in [6.07, 6.45) is 3.56. The van der Waals surface area contributed by atoms with Crippen LogP contribution in [0.4, 0.5) is 0 Å². The fraction of sp³-hybridized carbons (Fsp3) is 0.150. The van der Waals surface area contributed by atoms with Crippen LogP contribution < -0.4 is 4.74 Å². The molecule has 0 amide bonds. The summed E-state index contributed by atoms with van der Waals surface area (Å²) in [5, 5.41) is 10.3. The van der Waals surface area contributed by atoms with E-state index in [1.54, 1.807) is 13.2 Å². The lowest BCUT2D eigenvalue weighted by atomic mass is 9.95. The second-order valence-corrected chi connectivity index (χ2v) is 5.36. The van der Waals surface area contributed by atoms with Gasteiger partial charge in [-0.1, -0.05) is 30.3 Å². The molecule has 0 spiro atoms. The molecule has 3 rings (SSSR count). The van der Waals surface area contributed by atoms with Crippen molar-refractivity contribution in [3.05, 3.63) is 78.1 Å². The molecule has 23 heavy (non-hydrogen) atoms. The van der Waals surface area contributed by atoms with Crippen LogP contribution >= 0.6 is 0 Å². The summed E-state index contributed by atoms with van der Waals surface area (Å²) < 4.78 is 5.15. The van der Waals surface area contributed by atoms with Gasteiger partial charge < -0.3 is 9.84 Å². The highest BCUT2D eigenvalue weighted by atomic mass is 16.5. The summed E-state index contributed by atoms with van der Waals surface area (Å²) in [7, 11) is 1.59. The van der Waals surface area contributed by atoms with Crippen molar-refractivity contribution in [3.63, 3.8) is 0 Å². The third kappa shape index (κ3) is 3.51. The van der Waals surface area contributed by atoms with E-state index < -0.39 is 0 Å². The standard InChI is InChI=1S/C20H19NO2/c1-23-17-11-12-19(20(22)14-17)18-8-3-2-6-15(18)9-10-16-7-4-5-13-21-16/h2-8,11-14,22H,9-10H2,1H3. The van der Waals surface area contributed by atoms with Gasteiger partial charge in [0.1, 0.15) is 11.5 Å². The highest BCUT2D eigenvalue weighted by molar-refractivity contribution is 5.74. The van der Waals surface area contributed by atoms with Gasteiger partial charge in [-0.15, -0.1) is 0 Å². The lowest BCUT2D eigenvalue weighted by molar-refractivity contribution is 0.408. The highest BCUT2D eigenvalue weighted by Gasteiger charge is 2.10. The van der Waals surface area contributed by atoms with Crippen LogP contribution in [0.5, 0.6) is 11.5 Å². The molecule has 0 saturated carbocycles. The zero-order valence-corrected chi connectivity index (χ0v) is 13.1. The molecular weight excluding hydrogens is 286 g/mol. The molecule has 1 heterocycles. The maximum absolute atomic E-state index is 10.3. The highest BCUT2D eigenvalue weighted by Crippen LogP contribution is 2.34. The molecule has 0 unspecified atom stereocenters. The molecule has 0 aliphatic carbocycles. The van der Waals surface area contributed by atoms with Gasteiger partial charge in [0, 0.05) is 23.5 Å². The average molecular weight is 305 g/mol. The van der Waals surface area contributed by atoms with Crippen molar-refractivity contribution < 1.29 is 9.84 Å². The molecular formula is C20H19NO2. The Morgan fingerprint density at radius 1 is 0.913 bits per heavy atom. The number of rotatable bonds is 5. The van der Waals surface area contributed by atoms with Crippen LogP contribution in [0, 0.1) is 0 Å². The Kier molecular flexibility index (Phi) is 4.57. The molecule has 116 valence electrons. The maximum atomic E-state index is 10.3. The van der Waals surface area contributed by atoms with E-state index in [4.69, 9.17) is 4.74 Å². The molecule has 1 aromatic heterocycles. The zero-order chi connectivity index (χ0) is 16.1. The molecule has 0 saturated heterocycles. The molecule has 3 heteroatoms. The van der Waals surface area contributed by atoms with Gasteiger partial charge in [-0.2, -0.15) is 0 Å². The Morgan fingerprint density at radius 2 is 1.74 bits per heavy atom. The van der Waals surface area contributed by atoms with E-state index >= 15 is 0 Å². The second-order valence-electron chi connectivity index (χ2n) is 5.36. The number of ether oxygens (including phenoxy) is 1. The van der Waals surface area contributed by atoms with E-state index in [1.165, 1.54) is 5.56 Å². The number of aromatic nitrogens is 1. The predicted octanol–water partition coefficient (Wildman–Crippen LogP) is 4.25. The fourth-order valence-corrected chi connectivity index (χ4v) is 2.68. The molecule has 1 N–H and O–H groups in total. The van der Waals surface area contributed by atoms with Crippen LogP contribution in [0.3, 0.4) is 0 Å². The lowest BCUT2D eigenvalue weighted by Crippen LogP contribution is -1.96. The van der Waals surface area contributed by atoms with Gasteiger partial charge in [-0.3, -0.25) is 4.98 Å². The van der Waals surface area contributed by atoms with Crippen LogP contribution in [0.25, 0.3) is 11.1 Å². The van der Waals surface area contributed by atoms with E-state index in [2.05, 4.69) is 11.1 Å². The Labute approximate surface area is 136 Å². The number of phenols is 1. The molecule has 3 aromatic rings. The smallest absolute Gasteiger partial charge is 0.127 e. The number of nitrogens with zero attached hydrogens (tertiary/aromatic N) is 1. The molecule has 0 fully saturated rings. The van der Waals surface area contributed by atoms with Crippen molar-refractivity contribution in [2.75, 3.05) is 7.11 Å². The third-order valence-corrected chi connectivity index (χ3v) is 3.89. The predicted molar refractivity (Wildman–Crippen MR) is 91.7 cm³/mol. The monoisotopic (exact) mass is 305 g/mol. The molecule has 2 aromatic carbocycles. The number of methoxy groups -OCH3 is 1. The van der Waals surface area contributed by atoms with E-state index in [0.717, 1.165) is 29.7 Å². The van der Waals surface area contributed by atoms with Crippen molar-refractivity contribution >= 4 is 0 Å². The largest absolute Gasteiger partial charge is 0.507 e. The first-order valence-corrected chi connectivity index (χ1v) is 7.63. The summed E-state index contributed by atoms with van der Waals surface area (Å²) in [5.41, 5.74) is 4.13. The Morgan fingerprint density at radius 3 is 2.48 bits per heavy atom. The van der Waals surface area contributed by atoms with Crippen LogP contribution in [0.15, 0.2) is 66.9 Å². The SMILES string of the molecule is COc1ccc(-c2ccccc2CCc2ccccn2)c(O)c1. The van der Waals surface area contributed by atoms with Gasteiger partial charge in [-0.05, 0) is 48.2 Å². The van der Waals surface area contributed by atoms with Gasteiger partial charge in [0.25, 0.3) is 0 Å². The van der Waals surface area contributed by atoms with E-state index in [9.17, 15) is 5.11 Å². The topological polar surface area (TPSA) is 42.4 Å². The molecule has 3 nitrogen and oxygen atoms in total. The van der Waals surface area contributed by atoms with Gasteiger partial charge in [0.05, 0.1) is 7.11 Å². The minimum atomic E-state index is 0.231. The molecule has 0 bridgehead atoms. The van der Waals surface area contributed by atoms with E-state index in [1.807, 2.05) is 54.7 Å². The molecule has 0 aliphatic heterocycles. The zero-order valence-electron chi connectivity index (χ0n) is 13.1. The maximum Gasteiger partial charge on any atom is 0.127 e. The summed E-state index contributed by atoms with van der Waals surface area (Å²) in [5.74, 6) is 0.881. The normalized spacial score (nSPS) is 10.5. The fourth-order valence-electron chi connectivity index (χ4n) is 2.68. The van der Waals surface area contributed by atoms with Gasteiger partial charge in [-0.25, -0.2) is 0 Å². The summed E-state index contributed by atoms with van der Waals surface area (Å²) in [4.78, 5) is 4.37. The van der Waals surface area contributed by atoms with Crippen molar-refractivity contribution in [2.45, 2.75) is 12.8 Å². The minimum Gasteiger partial charge on any atom is -0.507 e. The number of benzene rings is 2. The van der Waals surface area contributed by atoms with Crippen LogP contribution in [-0.2, 0) is 12.8 Å². The number of phenolic OH excluding ortho intramolecular Hbond substituents is 1. The number of aromatic hydroxyl groups is 1.